The number of rotatable bonds is 3. The molecule has 0 aromatic heterocycles. The van der Waals surface area contributed by atoms with E-state index in [0.717, 1.165) is 5.56 Å². The first-order valence-electron chi connectivity index (χ1n) is 8.78. The molecule has 1 N–H and O–H groups in total. The van der Waals surface area contributed by atoms with Gasteiger partial charge in [-0.2, -0.15) is 0 Å². The number of hydrogen-bond acceptors (Lipinski definition) is 6. The lowest BCUT2D eigenvalue weighted by molar-refractivity contribution is -0.139. The van der Waals surface area contributed by atoms with Crippen molar-refractivity contribution in [2.24, 2.45) is 0 Å². The van der Waals surface area contributed by atoms with Crippen LogP contribution in [0.25, 0.3) is 0 Å². The van der Waals surface area contributed by atoms with Gasteiger partial charge in [0.05, 0.1) is 31.2 Å². The molecule has 2 heterocycles. The topological polar surface area (TPSA) is 84.9 Å². The van der Waals surface area contributed by atoms with Gasteiger partial charge in [-0.05, 0) is 23.8 Å². The summed E-state index contributed by atoms with van der Waals surface area (Å²) in [6, 6.07) is 5.57. The summed E-state index contributed by atoms with van der Waals surface area (Å²) < 4.78 is 9.76. The van der Waals surface area contributed by atoms with Crippen LogP contribution in [0.4, 0.5) is 11.4 Å². The van der Waals surface area contributed by atoms with Crippen molar-refractivity contribution in [1.82, 2.24) is 0 Å². The molecule has 28 heavy (non-hydrogen) atoms. The fourth-order valence-corrected chi connectivity index (χ4v) is 3.47. The van der Waals surface area contributed by atoms with Crippen LogP contribution in [0.15, 0.2) is 53.9 Å². The number of allylic oxidation sites excluding steroid dienone is 2. The molecule has 146 valence electrons. The number of esters is 2. The molecule has 1 aromatic carbocycles. The summed E-state index contributed by atoms with van der Waals surface area (Å²) in [5.74, 6) is -1.48. The normalized spacial score (nSPS) is 17.6. The van der Waals surface area contributed by atoms with Crippen molar-refractivity contribution < 1.29 is 23.9 Å². The monoisotopic (exact) mass is 382 g/mol. The number of hydrogen-bond donors (Lipinski definition) is 1. The van der Waals surface area contributed by atoms with Crippen molar-refractivity contribution in [3.05, 3.63) is 59.5 Å². The van der Waals surface area contributed by atoms with Crippen molar-refractivity contribution in [3.8, 4) is 0 Å². The van der Waals surface area contributed by atoms with E-state index in [0.29, 0.717) is 17.8 Å². The second-order valence-corrected chi connectivity index (χ2v) is 7.12. The van der Waals surface area contributed by atoms with Crippen molar-refractivity contribution in [2.75, 3.05) is 24.4 Å². The number of carbonyl (C=O) groups is 3. The Morgan fingerprint density at radius 2 is 1.82 bits per heavy atom. The molecule has 2 aliphatic rings. The standard InChI is InChI=1S/C21H22N2O5/c1-21(2)12-16(24)22-17-14(21)9-7-10-15(17)23-11-6-5-8-13(19(25)27-3)18(23)20(26)28-4/h5-11H,12H2,1-4H3,(H,22,24). The van der Waals surface area contributed by atoms with E-state index in [1.807, 2.05) is 26.0 Å². The van der Waals surface area contributed by atoms with E-state index in [-0.39, 0.29) is 22.6 Å². The lowest BCUT2D eigenvalue weighted by Crippen LogP contribution is -2.34. The molecule has 0 saturated carbocycles. The van der Waals surface area contributed by atoms with Gasteiger partial charge in [0, 0.05) is 18.0 Å². The summed E-state index contributed by atoms with van der Waals surface area (Å²) in [5.41, 5.74) is 1.78. The molecular formula is C21H22N2O5. The highest BCUT2D eigenvalue weighted by molar-refractivity contribution is 6.07. The van der Waals surface area contributed by atoms with Gasteiger partial charge in [-0.3, -0.25) is 4.79 Å². The van der Waals surface area contributed by atoms with Gasteiger partial charge in [-0.15, -0.1) is 0 Å². The van der Waals surface area contributed by atoms with E-state index in [1.165, 1.54) is 20.3 Å². The highest BCUT2D eigenvalue weighted by Crippen LogP contribution is 2.43. The SMILES string of the molecule is COC(=O)C1=C(C(=O)OC)N(c2cccc3c2NC(=O)CC3(C)C)C=CC=C1. The minimum absolute atomic E-state index is 0.00498. The fourth-order valence-electron chi connectivity index (χ4n) is 3.47. The number of nitrogens with zero attached hydrogens (tertiary/aromatic N) is 1. The van der Waals surface area contributed by atoms with Crippen LogP contribution in [0, 0.1) is 0 Å². The largest absolute Gasteiger partial charge is 0.465 e. The highest BCUT2D eigenvalue weighted by Gasteiger charge is 2.36. The molecule has 0 spiro atoms. The summed E-state index contributed by atoms with van der Waals surface area (Å²) in [5, 5.41) is 2.91. The minimum Gasteiger partial charge on any atom is -0.465 e. The Morgan fingerprint density at radius 3 is 2.50 bits per heavy atom. The van der Waals surface area contributed by atoms with Crippen LogP contribution >= 0.6 is 0 Å². The van der Waals surface area contributed by atoms with Gasteiger partial charge >= 0.3 is 11.9 Å². The highest BCUT2D eigenvalue weighted by atomic mass is 16.5. The van der Waals surface area contributed by atoms with Crippen LogP contribution in [0.1, 0.15) is 25.8 Å². The van der Waals surface area contributed by atoms with Gasteiger partial charge in [0.25, 0.3) is 0 Å². The number of fused-ring (bicyclic) bond motifs is 1. The molecule has 0 unspecified atom stereocenters. The zero-order valence-corrected chi connectivity index (χ0v) is 16.2. The quantitative estimate of drug-likeness (QED) is 0.809. The van der Waals surface area contributed by atoms with Crippen molar-refractivity contribution in [2.45, 2.75) is 25.7 Å². The Labute approximate surface area is 163 Å². The summed E-state index contributed by atoms with van der Waals surface area (Å²) in [6.07, 6.45) is 6.81. The predicted molar refractivity (Wildman–Crippen MR) is 105 cm³/mol. The zero-order chi connectivity index (χ0) is 20.5. The average Bonchev–Trinajstić information content (AvgIpc) is 2.88. The van der Waals surface area contributed by atoms with E-state index >= 15 is 0 Å². The number of para-hydroxylation sites is 1. The maximum absolute atomic E-state index is 12.6. The first-order chi connectivity index (χ1) is 13.3. The second kappa shape index (κ2) is 7.34. The predicted octanol–water partition coefficient (Wildman–Crippen LogP) is 2.80. The molecular weight excluding hydrogens is 360 g/mol. The van der Waals surface area contributed by atoms with Crippen LogP contribution in [0.3, 0.4) is 0 Å². The zero-order valence-electron chi connectivity index (χ0n) is 16.2. The molecule has 7 nitrogen and oxygen atoms in total. The number of benzene rings is 1. The van der Waals surface area contributed by atoms with Crippen LogP contribution in [-0.2, 0) is 29.3 Å². The molecule has 7 heteroatoms. The van der Waals surface area contributed by atoms with Gasteiger partial charge in [0.2, 0.25) is 5.91 Å². The maximum atomic E-state index is 12.6. The molecule has 3 rings (SSSR count). The number of ether oxygens (including phenoxy) is 2. The smallest absolute Gasteiger partial charge is 0.355 e. The number of amides is 1. The van der Waals surface area contributed by atoms with Crippen molar-refractivity contribution >= 4 is 29.2 Å². The average molecular weight is 382 g/mol. The lowest BCUT2D eigenvalue weighted by atomic mass is 9.77. The molecule has 0 aliphatic carbocycles. The Bertz CT molecular complexity index is 940. The van der Waals surface area contributed by atoms with E-state index in [9.17, 15) is 14.4 Å². The number of carbonyl (C=O) groups excluding carboxylic acids is 3. The van der Waals surface area contributed by atoms with E-state index < -0.39 is 11.9 Å². The summed E-state index contributed by atoms with van der Waals surface area (Å²) >= 11 is 0. The fraction of sp³-hybridized carbons (Fsp3) is 0.286. The van der Waals surface area contributed by atoms with Gasteiger partial charge in [0.15, 0.2) is 0 Å². The Hall–Kier alpha value is -3.35. The third kappa shape index (κ3) is 3.31. The number of methoxy groups -OCH3 is 2. The van der Waals surface area contributed by atoms with Crippen LogP contribution in [-0.4, -0.2) is 32.1 Å². The molecule has 0 atom stereocenters. The molecule has 0 bridgehead atoms. The molecule has 1 amide bonds. The first kappa shape index (κ1) is 19.4. The lowest BCUT2D eigenvalue weighted by Gasteiger charge is -2.35. The van der Waals surface area contributed by atoms with Crippen LogP contribution < -0.4 is 10.2 Å². The van der Waals surface area contributed by atoms with E-state index in [2.05, 4.69) is 5.32 Å². The summed E-state index contributed by atoms with van der Waals surface area (Å²) in [7, 11) is 2.49. The Morgan fingerprint density at radius 1 is 1.11 bits per heavy atom. The number of anilines is 2. The Balaban J connectivity index is 2.26. The summed E-state index contributed by atoms with van der Waals surface area (Å²) in [6.45, 7) is 3.98. The maximum Gasteiger partial charge on any atom is 0.355 e. The van der Waals surface area contributed by atoms with Gasteiger partial charge < -0.3 is 19.7 Å². The third-order valence-corrected chi connectivity index (χ3v) is 4.79. The van der Waals surface area contributed by atoms with Crippen LogP contribution in [0.5, 0.6) is 0 Å². The molecule has 2 aliphatic heterocycles. The molecule has 0 fully saturated rings. The van der Waals surface area contributed by atoms with Gasteiger partial charge in [0.1, 0.15) is 5.70 Å². The first-order valence-corrected chi connectivity index (χ1v) is 8.78. The summed E-state index contributed by atoms with van der Waals surface area (Å²) in [4.78, 5) is 38.8. The molecule has 1 aromatic rings. The van der Waals surface area contributed by atoms with Crippen molar-refractivity contribution in [3.63, 3.8) is 0 Å². The van der Waals surface area contributed by atoms with Crippen LogP contribution in [0.2, 0.25) is 0 Å². The Kier molecular flexibility index (Phi) is 5.09. The van der Waals surface area contributed by atoms with Crippen molar-refractivity contribution in [1.29, 1.82) is 0 Å². The third-order valence-electron chi connectivity index (χ3n) is 4.79. The van der Waals surface area contributed by atoms with E-state index in [1.54, 1.807) is 29.3 Å². The number of nitrogens with one attached hydrogen (secondary N) is 1. The van der Waals surface area contributed by atoms with E-state index in [4.69, 9.17) is 9.47 Å². The molecule has 0 radical (unpaired) electrons. The molecule has 0 saturated heterocycles. The van der Waals surface area contributed by atoms with Gasteiger partial charge in [-0.25, -0.2) is 9.59 Å². The second-order valence-electron chi connectivity index (χ2n) is 7.12. The van der Waals surface area contributed by atoms with Gasteiger partial charge in [-0.1, -0.05) is 32.1 Å². The minimum atomic E-state index is -0.699.